The van der Waals surface area contributed by atoms with Crippen molar-refractivity contribution in [3.63, 3.8) is 0 Å². The Morgan fingerprint density at radius 3 is 2.68 bits per heavy atom. The van der Waals surface area contributed by atoms with Crippen molar-refractivity contribution in [2.24, 2.45) is 0 Å². The van der Waals surface area contributed by atoms with Gasteiger partial charge in [0, 0.05) is 36.7 Å². The molecule has 0 radical (unpaired) electrons. The highest BCUT2D eigenvalue weighted by atomic mass is 16.5. The summed E-state index contributed by atoms with van der Waals surface area (Å²) in [5, 5.41) is 10.6. The number of hydrogen-bond acceptors (Lipinski definition) is 4. The first-order chi connectivity index (χ1) is 12.0. The predicted molar refractivity (Wildman–Crippen MR) is 101 cm³/mol. The van der Waals surface area contributed by atoms with E-state index in [1.807, 2.05) is 39.0 Å². The normalized spacial score (nSPS) is 12.2. The number of carbonyl (C=O) groups excluding carboxylic acids is 1. The fourth-order valence-corrected chi connectivity index (χ4v) is 2.85. The highest BCUT2D eigenvalue weighted by Crippen LogP contribution is 2.19. The molecule has 0 aliphatic heterocycles. The van der Waals surface area contributed by atoms with Gasteiger partial charge in [0.05, 0.1) is 5.69 Å². The zero-order valence-corrected chi connectivity index (χ0v) is 15.9. The van der Waals surface area contributed by atoms with Crippen LogP contribution in [0.2, 0.25) is 0 Å². The number of aryl methyl sites for hydroxylation is 3. The van der Waals surface area contributed by atoms with Gasteiger partial charge in [0.25, 0.3) is 0 Å². The van der Waals surface area contributed by atoms with Gasteiger partial charge in [-0.3, -0.25) is 4.79 Å². The first kappa shape index (κ1) is 19.2. The van der Waals surface area contributed by atoms with Crippen LogP contribution in [0.4, 0.5) is 5.69 Å². The van der Waals surface area contributed by atoms with Crippen LogP contribution in [-0.4, -0.2) is 17.1 Å². The molecular weight excluding hydrogens is 314 g/mol. The Bertz CT molecular complexity index is 700. The van der Waals surface area contributed by atoms with Crippen LogP contribution in [0.3, 0.4) is 0 Å². The molecule has 0 spiro atoms. The van der Waals surface area contributed by atoms with Crippen molar-refractivity contribution in [3.05, 3.63) is 46.3 Å². The number of amides is 1. The van der Waals surface area contributed by atoms with E-state index in [0.29, 0.717) is 13.0 Å². The van der Waals surface area contributed by atoms with Crippen molar-refractivity contribution >= 4 is 11.6 Å². The molecule has 1 atom stereocenters. The number of hydrogen-bond donors (Lipinski definition) is 2. The van der Waals surface area contributed by atoms with Crippen LogP contribution in [0.15, 0.2) is 22.7 Å². The highest BCUT2D eigenvalue weighted by Gasteiger charge is 2.15. The lowest BCUT2D eigenvalue weighted by Crippen LogP contribution is -2.30. The molecule has 2 aromatic rings. The predicted octanol–water partition coefficient (Wildman–Crippen LogP) is 3.92. The van der Waals surface area contributed by atoms with Gasteiger partial charge < -0.3 is 15.2 Å². The van der Waals surface area contributed by atoms with E-state index in [-0.39, 0.29) is 11.9 Å². The molecule has 1 aromatic carbocycles. The summed E-state index contributed by atoms with van der Waals surface area (Å²) in [6, 6.07) is 6.01. The molecule has 0 bridgehead atoms. The number of aromatic nitrogens is 1. The van der Waals surface area contributed by atoms with E-state index in [9.17, 15) is 4.79 Å². The largest absolute Gasteiger partial charge is 0.361 e. The van der Waals surface area contributed by atoms with Gasteiger partial charge in [-0.05, 0) is 44.4 Å². The van der Waals surface area contributed by atoms with Gasteiger partial charge in [-0.15, -0.1) is 0 Å². The minimum absolute atomic E-state index is 0.0189. The average Bonchev–Trinajstić information content (AvgIpc) is 2.99. The maximum absolute atomic E-state index is 12.3. The van der Waals surface area contributed by atoms with Crippen LogP contribution >= 0.6 is 0 Å². The van der Waals surface area contributed by atoms with Crippen molar-refractivity contribution in [1.82, 2.24) is 10.5 Å². The quantitative estimate of drug-likeness (QED) is 0.762. The van der Waals surface area contributed by atoms with Crippen molar-refractivity contribution in [1.29, 1.82) is 0 Å². The Kier molecular flexibility index (Phi) is 6.76. The van der Waals surface area contributed by atoms with E-state index < -0.39 is 0 Å². The van der Waals surface area contributed by atoms with Crippen molar-refractivity contribution in [2.75, 3.05) is 5.32 Å². The molecule has 1 heterocycles. The van der Waals surface area contributed by atoms with Gasteiger partial charge in [-0.25, -0.2) is 0 Å². The van der Waals surface area contributed by atoms with E-state index in [1.165, 1.54) is 5.56 Å². The second-order valence-corrected chi connectivity index (χ2v) is 6.52. The molecule has 0 unspecified atom stereocenters. The minimum Gasteiger partial charge on any atom is -0.361 e. The summed E-state index contributed by atoms with van der Waals surface area (Å²) in [6.45, 7) is 10.9. The van der Waals surface area contributed by atoms with Gasteiger partial charge in [0.15, 0.2) is 0 Å². The second-order valence-electron chi connectivity index (χ2n) is 6.52. The van der Waals surface area contributed by atoms with Crippen LogP contribution in [0, 0.1) is 13.8 Å². The third-order valence-electron chi connectivity index (χ3n) is 4.60. The zero-order chi connectivity index (χ0) is 18.4. The van der Waals surface area contributed by atoms with Crippen molar-refractivity contribution in [2.45, 2.75) is 66.5 Å². The van der Waals surface area contributed by atoms with Gasteiger partial charge in [-0.2, -0.15) is 0 Å². The molecule has 1 aromatic heterocycles. The van der Waals surface area contributed by atoms with E-state index >= 15 is 0 Å². The molecule has 0 aliphatic rings. The Labute approximate surface area is 150 Å². The number of nitrogens with one attached hydrogen (secondary N) is 2. The smallest absolute Gasteiger partial charge is 0.225 e. The third-order valence-corrected chi connectivity index (χ3v) is 4.60. The lowest BCUT2D eigenvalue weighted by molar-refractivity contribution is -0.116. The van der Waals surface area contributed by atoms with E-state index in [4.69, 9.17) is 4.52 Å². The van der Waals surface area contributed by atoms with Crippen molar-refractivity contribution in [3.8, 4) is 0 Å². The molecule has 0 saturated carbocycles. The fourth-order valence-electron chi connectivity index (χ4n) is 2.85. The van der Waals surface area contributed by atoms with Crippen molar-refractivity contribution < 1.29 is 9.32 Å². The molecule has 0 fully saturated rings. The monoisotopic (exact) mass is 343 g/mol. The molecule has 2 rings (SSSR count). The molecule has 25 heavy (non-hydrogen) atoms. The van der Waals surface area contributed by atoms with Crippen LogP contribution in [0.1, 0.15) is 55.3 Å². The summed E-state index contributed by atoms with van der Waals surface area (Å²) >= 11 is 0. The fraction of sp³-hybridized carbons (Fsp3) is 0.500. The molecule has 136 valence electrons. The minimum atomic E-state index is 0.0189. The third kappa shape index (κ3) is 4.92. The first-order valence-electron chi connectivity index (χ1n) is 9.01. The van der Waals surface area contributed by atoms with Crippen LogP contribution in [-0.2, 0) is 24.2 Å². The lowest BCUT2D eigenvalue weighted by atomic mass is 10.1. The summed E-state index contributed by atoms with van der Waals surface area (Å²) in [7, 11) is 0. The Morgan fingerprint density at radius 2 is 2.00 bits per heavy atom. The van der Waals surface area contributed by atoms with E-state index in [1.54, 1.807) is 0 Å². The van der Waals surface area contributed by atoms with Gasteiger partial charge in [-0.1, -0.05) is 31.1 Å². The number of nitrogens with zero attached hydrogens (tertiary/aromatic N) is 1. The Balaban J connectivity index is 1.90. The Morgan fingerprint density at radius 1 is 1.24 bits per heavy atom. The van der Waals surface area contributed by atoms with Crippen LogP contribution in [0.25, 0.3) is 0 Å². The summed E-state index contributed by atoms with van der Waals surface area (Å²) in [5.74, 6) is 0.946. The maximum Gasteiger partial charge on any atom is 0.225 e. The standard InChI is InChI=1S/C20H29N3O2/c1-6-17-16(19(7-2)25-23-17)12-21-14(4)11-20(24)22-18-10-8-9-13(3)15(18)5/h8-10,14,21H,6-7,11-12H2,1-5H3,(H,22,24)/t14-/m1/s1. The summed E-state index contributed by atoms with van der Waals surface area (Å²) < 4.78 is 5.38. The number of benzene rings is 1. The molecular formula is C20H29N3O2. The lowest BCUT2D eigenvalue weighted by Gasteiger charge is -2.15. The first-order valence-corrected chi connectivity index (χ1v) is 9.01. The SMILES string of the molecule is CCc1noc(CC)c1CN[C@H](C)CC(=O)Nc1cccc(C)c1C. The molecule has 5 heteroatoms. The number of rotatable bonds is 8. The topological polar surface area (TPSA) is 67.2 Å². The second kappa shape index (κ2) is 8.81. The van der Waals surface area contributed by atoms with Gasteiger partial charge in [0.1, 0.15) is 5.76 Å². The van der Waals surface area contributed by atoms with E-state index in [0.717, 1.165) is 41.1 Å². The molecule has 1 amide bonds. The maximum atomic E-state index is 12.3. The zero-order valence-electron chi connectivity index (χ0n) is 15.9. The molecule has 0 saturated heterocycles. The van der Waals surface area contributed by atoms with Gasteiger partial charge in [0.2, 0.25) is 5.91 Å². The highest BCUT2D eigenvalue weighted by molar-refractivity contribution is 5.92. The molecule has 0 aliphatic carbocycles. The van der Waals surface area contributed by atoms with Gasteiger partial charge >= 0.3 is 0 Å². The molecule has 2 N–H and O–H groups in total. The van der Waals surface area contributed by atoms with Crippen LogP contribution < -0.4 is 10.6 Å². The summed E-state index contributed by atoms with van der Waals surface area (Å²) in [4.78, 5) is 12.3. The van der Waals surface area contributed by atoms with Crippen LogP contribution in [0.5, 0.6) is 0 Å². The average molecular weight is 343 g/mol. The molecule has 5 nitrogen and oxygen atoms in total. The number of carbonyl (C=O) groups is 1. The Hall–Kier alpha value is -2.14. The summed E-state index contributed by atoms with van der Waals surface area (Å²) in [6.07, 6.45) is 2.09. The van der Waals surface area contributed by atoms with E-state index in [2.05, 4.69) is 29.6 Å². The number of anilines is 1. The summed E-state index contributed by atoms with van der Waals surface area (Å²) in [5.41, 5.74) is 5.30.